The molecule has 1 N–H and O–H groups in total. The lowest BCUT2D eigenvalue weighted by Gasteiger charge is -2.37. The standard InChI is InChI=1S/C27H30ClN5O4S/c28-23-7-5-22-16-24(8-6-21(22)15-23)38(36,37)30-25-4-2-10-33(27(25)35)19-26(34)32-13-11-31(12-14-32)18-20-3-1-9-29-17-20/h1,3,5-9,15-17,25,30H,2,4,10-14,18-19H2. The highest BCUT2D eigenvalue weighted by Crippen LogP contribution is 2.23. The fraction of sp³-hybridized carbons (Fsp3) is 0.370. The molecule has 3 heterocycles. The van der Waals surface area contributed by atoms with Crippen molar-refractivity contribution in [3.05, 3.63) is 71.5 Å². The summed E-state index contributed by atoms with van der Waals surface area (Å²) in [4.78, 5) is 35.9. The van der Waals surface area contributed by atoms with Crippen LogP contribution in [0.3, 0.4) is 0 Å². The number of nitrogens with zero attached hydrogens (tertiary/aromatic N) is 4. The number of carbonyl (C=O) groups is 2. The summed E-state index contributed by atoms with van der Waals surface area (Å²) in [5.41, 5.74) is 1.13. The maximum Gasteiger partial charge on any atom is 0.242 e. The van der Waals surface area contributed by atoms with Gasteiger partial charge in [0.15, 0.2) is 0 Å². The van der Waals surface area contributed by atoms with Gasteiger partial charge in [0.05, 0.1) is 11.4 Å². The van der Waals surface area contributed by atoms with Crippen molar-refractivity contribution in [1.29, 1.82) is 0 Å². The largest absolute Gasteiger partial charge is 0.339 e. The Morgan fingerprint density at radius 1 is 1.03 bits per heavy atom. The Hall–Kier alpha value is -3.05. The molecule has 3 aromatic rings. The number of likely N-dealkylation sites (tertiary alicyclic amines) is 1. The van der Waals surface area contributed by atoms with Gasteiger partial charge in [0.2, 0.25) is 21.8 Å². The summed E-state index contributed by atoms with van der Waals surface area (Å²) >= 11 is 6.02. The van der Waals surface area contributed by atoms with Gasteiger partial charge in [-0.15, -0.1) is 0 Å². The molecule has 2 saturated heterocycles. The summed E-state index contributed by atoms with van der Waals surface area (Å²) in [6.07, 6.45) is 4.60. The van der Waals surface area contributed by atoms with Crippen LogP contribution < -0.4 is 4.72 Å². The number of piperazine rings is 1. The molecule has 0 aliphatic carbocycles. The summed E-state index contributed by atoms with van der Waals surface area (Å²) in [5, 5.41) is 2.13. The number of rotatable bonds is 7. The van der Waals surface area contributed by atoms with Crippen LogP contribution >= 0.6 is 11.6 Å². The van der Waals surface area contributed by atoms with Gasteiger partial charge in [-0.05, 0) is 59.5 Å². The molecule has 0 radical (unpaired) electrons. The summed E-state index contributed by atoms with van der Waals surface area (Å²) in [6, 6.07) is 13.0. The monoisotopic (exact) mass is 555 g/mol. The molecular formula is C27H30ClN5O4S. The van der Waals surface area contributed by atoms with E-state index >= 15 is 0 Å². The molecule has 5 rings (SSSR count). The fourth-order valence-electron chi connectivity index (χ4n) is 4.99. The third-order valence-corrected chi connectivity index (χ3v) is 8.80. The molecule has 0 saturated carbocycles. The Morgan fingerprint density at radius 3 is 2.55 bits per heavy atom. The second-order valence-electron chi connectivity index (χ2n) is 9.75. The lowest BCUT2D eigenvalue weighted by atomic mass is 10.1. The first-order chi connectivity index (χ1) is 18.3. The Morgan fingerprint density at radius 2 is 1.79 bits per heavy atom. The van der Waals surface area contributed by atoms with Crippen molar-refractivity contribution in [2.45, 2.75) is 30.3 Å². The highest BCUT2D eigenvalue weighted by molar-refractivity contribution is 7.89. The smallest absolute Gasteiger partial charge is 0.242 e. The first-order valence-electron chi connectivity index (χ1n) is 12.7. The third-order valence-electron chi connectivity index (χ3n) is 7.09. The topological polar surface area (TPSA) is 103 Å². The van der Waals surface area contributed by atoms with E-state index in [-0.39, 0.29) is 23.3 Å². The van der Waals surface area contributed by atoms with Crippen molar-refractivity contribution in [3.8, 4) is 0 Å². The van der Waals surface area contributed by atoms with Crippen molar-refractivity contribution in [3.63, 3.8) is 0 Å². The molecule has 0 spiro atoms. The number of amides is 2. The van der Waals surface area contributed by atoms with Crippen LogP contribution in [0.4, 0.5) is 0 Å². The Balaban J connectivity index is 1.17. The molecular weight excluding hydrogens is 526 g/mol. The van der Waals surface area contributed by atoms with Crippen LogP contribution in [0.15, 0.2) is 65.8 Å². The van der Waals surface area contributed by atoms with Crippen LogP contribution in [0.5, 0.6) is 0 Å². The van der Waals surface area contributed by atoms with Gasteiger partial charge in [-0.1, -0.05) is 29.8 Å². The lowest BCUT2D eigenvalue weighted by molar-refractivity contribution is -0.144. The molecule has 2 fully saturated rings. The summed E-state index contributed by atoms with van der Waals surface area (Å²) in [7, 11) is -3.93. The molecule has 38 heavy (non-hydrogen) atoms. The zero-order valence-corrected chi connectivity index (χ0v) is 22.5. The zero-order valence-electron chi connectivity index (χ0n) is 20.9. The van der Waals surface area contributed by atoms with E-state index in [1.807, 2.05) is 18.3 Å². The van der Waals surface area contributed by atoms with E-state index in [0.29, 0.717) is 37.5 Å². The van der Waals surface area contributed by atoms with Gasteiger partial charge in [0, 0.05) is 56.7 Å². The van der Waals surface area contributed by atoms with Crippen LogP contribution in [-0.4, -0.2) is 85.2 Å². The van der Waals surface area contributed by atoms with Crippen molar-refractivity contribution in [2.24, 2.45) is 0 Å². The maximum absolute atomic E-state index is 13.2. The number of benzene rings is 2. The van der Waals surface area contributed by atoms with Gasteiger partial charge in [0.1, 0.15) is 6.04 Å². The minimum absolute atomic E-state index is 0.0452. The molecule has 200 valence electrons. The predicted octanol–water partition coefficient (Wildman–Crippen LogP) is 2.50. The van der Waals surface area contributed by atoms with E-state index in [0.717, 1.165) is 36.0 Å². The highest BCUT2D eigenvalue weighted by atomic mass is 35.5. The average molecular weight is 556 g/mol. The number of carbonyl (C=O) groups excluding carboxylic acids is 2. The van der Waals surface area contributed by atoms with Crippen LogP contribution in [-0.2, 0) is 26.2 Å². The van der Waals surface area contributed by atoms with Gasteiger partial charge in [0.25, 0.3) is 0 Å². The first-order valence-corrected chi connectivity index (χ1v) is 14.5. The average Bonchev–Trinajstić information content (AvgIpc) is 2.91. The molecule has 2 aliphatic heterocycles. The van der Waals surface area contributed by atoms with E-state index in [9.17, 15) is 18.0 Å². The number of piperidine rings is 1. The molecule has 2 aliphatic rings. The van der Waals surface area contributed by atoms with Crippen molar-refractivity contribution in [1.82, 2.24) is 24.4 Å². The summed E-state index contributed by atoms with van der Waals surface area (Å²) in [6.45, 7) is 3.84. The number of pyridine rings is 1. The first kappa shape index (κ1) is 26.6. The minimum atomic E-state index is -3.93. The number of nitrogens with one attached hydrogen (secondary N) is 1. The Kier molecular flexibility index (Phi) is 7.94. The molecule has 11 heteroatoms. The van der Waals surface area contributed by atoms with Crippen LogP contribution in [0.25, 0.3) is 10.8 Å². The number of hydrogen-bond donors (Lipinski definition) is 1. The Bertz CT molecular complexity index is 1430. The quantitative estimate of drug-likeness (QED) is 0.480. The van der Waals surface area contributed by atoms with Crippen LogP contribution in [0.1, 0.15) is 18.4 Å². The minimum Gasteiger partial charge on any atom is -0.339 e. The molecule has 1 atom stereocenters. The normalized spacial score (nSPS) is 19.2. The van der Waals surface area contributed by atoms with Gasteiger partial charge in [-0.25, -0.2) is 8.42 Å². The molecule has 9 nitrogen and oxygen atoms in total. The van der Waals surface area contributed by atoms with E-state index in [1.165, 1.54) is 11.0 Å². The van der Waals surface area contributed by atoms with Gasteiger partial charge in [-0.3, -0.25) is 19.5 Å². The van der Waals surface area contributed by atoms with Crippen LogP contribution in [0.2, 0.25) is 5.02 Å². The third kappa shape index (κ3) is 6.15. The molecule has 2 aromatic carbocycles. The van der Waals surface area contributed by atoms with E-state index < -0.39 is 16.1 Å². The summed E-state index contributed by atoms with van der Waals surface area (Å²) < 4.78 is 28.8. The number of aromatic nitrogens is 1. The van der Waals surface area contributed by atoms with E-state index in [4.69, 9.17) is 11.6 Å². The van der Waals surface area contributed by atoms with Crippen molar-refractivity contribution in [2.75, 3.05) is 39.3 Å². The van der Waals surface area contributed by atoms with Crippen molar-refractivity contribution < 1.29 is 18.0 Å². The number of halogens is 1. The highest BCUT2D eigenvalue weighted by Gasteiger charge is 2.34. The summed E-state index contributed by atoms with van der Waals surface area (Å²) in [5.74, 6) is -0.480. The lowest BCUT2D eigenvalue weighted by Crippen LogP contribution is -2.56. The fourth-order valence-corrected chi connectivity index (χ4v) is 6.43. The number of hydrogen-bond acceptors (Lipinski definition) is 6. The molecule has 1 unspecified atom stereocenters. The zero-order chi connectivity index (χ0) is 26.7. The second kappa shape index (κ2) is 11.4. The van der Waals surface area contributed by atoms with Crippen LogP contribution in [0, 0.1) is 0 Å². The van der Waals surface area contributed by atoms with Crippen molar-refractivity contribution >= 4 is 44.2 Å². The molecule has 2 amide bonds. The maximum atomic E-state index is 13.2. The molecule has 1 aromatic heterocycles. The Labute approximate surface area is 227 Å². The van der Waals surface area contributed by atoms with E-state index in [1.54, 1.807) is 41.4 Å². The second-order valence-corrected chi connectivity index (χ2v) is 11.9. The predicted molar refractivity (Wildman–Crippen MR) is 145 cm³/mol. The van der Waals surface area contributed by atoms with Gasteiger partial charge < -0.3 is 9.80 Å². The van der Waals surface area contributed by atoms with Gasteiger partial charge in [-0.2, -0.15) is 4.72 Å². The number of fused-ring (bicyclic) bond motifs is 1. The van der Waals surface area contributed by atoms with Gasteiger partial charge >= 0.3 is 0 Å². The number of sulfonamides is 1. The molecule has 0 bridgehead atoms. The SMILES string of the molecule is O=C(CN1CCCC(NS(=O)(=O)c2ccc3cc(Cl)ccc3c2)C1=O)N1CCN(Cc2cccnc2)CC1. The van der Waals surface area contributed by atoms with E-state index in [2.05, 4.69) is 14.6 Å².